The standard InChI is InChI=1S/C6H13NO2S/c1-4(8)5(2)10-3-6(7)9/h4-5,8H,3H2,1-2H3,(H2,7,9). The van der Waals surface area contributed by atoms with Gasteiger partial charge in [0, 0.05) is 5.25 Å². The molecule has 0 saturated carbocycles. The van der Waals surface area contributed by atoms with Gasteiger partial charge < -0.3 is 10.8 Å². The van der Waals surface area contributed by atoms with Crippen LogP contribution in [-0.2, 0) is 4.79 Å². The molecule has 60 valence electrons. The molecule has 0 heterocycles. The van der Waals surface area contributed by atoms with Crippen molar-refractivity contribution in [2.75, 3.05) is 5.75 Å². The molecule has 2 atom stereocenters. The number of nitrogens with two attached hydrogens (primary N) is 1. The highest BCUT2D eigenvalue weighted by atomic mass is 32.2. The summed E-state index contributed by atoms with van der Waals surface area (Å²) in [6, 6.07) is 0. The van der Waals surface area contributed by atoms with E-state index < -0.39 is 0 Å². The maximum absolute atomic E-state index is 10.2. The van der Waals surface area contributed by atoms with E-state index in [9.17, 15) is 4.79 Å². The van der Waals surface area contributed by atoms with Crippen molar-refractivity contribution < 1.29 is 9.90 Å². The second-order valence-corrected chi connectivity index (χ2v) is 3.59. The van der Waals surface area contributed by atoms with Crippen molar-refractivity contribution in [3.63, 3.8) is 0 Å². The predicted octanol–water partition coefficient (Wildman–Crippen LogP) is -0.0258. The molecule has 0 radical (unpaired) electrons. The fraction of sp³-hybridized carbons (Fsp3) is 0.833. The molecule has 0 aliphatic carbocycles. The molecule has 4 heteroatoms. The molecule has 0 bridgehead atoms. The number of rotatable bonds is 4. The third-order valence-electron chi connectivity index (χ3n) is 1.17. The van der Waals surface area contributed by atoms with E-state index in [1.54, 1.807) is 6.92 Å². The smallest absolute Gasteiger partial charge is 0.227 e. The molecule has 0 fully saturated rings. The topological polar surface area (TPSA) is 63.3 Å². The van der Waals surface area contributed by atoms with Crippen LogP contribution in [0.1, 0.15) is 13.8 Å². The van der Waals surface area contributed by atoms with E-state index >= 15 is 0 Å². The molecule has 0 aromatic rings. The van der Waals surface area contributed by atoms with Gasteiger partial charge in [0.25, 0.3) is 0 Å². The summed E-state index contributed by atoms with van der Waals surface area (Å²) in [7, 11) is 0. The van der Waals surface area contributed by atoms with Crippen LogP contribution in [0, 0.1) is 0 Å². The molecule has 2 unspecified atom stereocenters. The van der Waals surface area contributed by atoms with Gasteiger partial charge in [-0.3, -0.25) is 4.79 Å². The van der Waals surface area contributed by atoms with Crippen molar-refractivity contribution in [2.24, 2.45) is 5.73 Å². The molecule has 0 spiro atoms. The maximum Gasteiger partial charge on any atom is 0.227 e. The monoisotopic (exact) mass is 163 g/mol. The van der Waals surface area contributed by atoms with Gasteiger partial charge in [-0.05, 0) is 6.92 Å². The average molecular weight is 163 g/mol. The van der Waals surface area contributed by atoms with Gasteiger partial charge in [-0.1, -0.05) is 6.92 Å². The van der Waals surface area contributed by atoms with Crippen LogP contribution in [0.25, 0.3) is 0 Å². The van der Waals surface area contributed by atoms with E-state index in [2.05, 4.69) is 0 Å². The van der Waals surface area contributed by atoms with Crippen molar-refractivity contribution in [3.05, 3.63) is 0 Å². The zero-order valence-electron chi connectivity index (χ0n) is 6.20. The van der Waals surface area contributed by atoms with Crippen molar-refractivity contribution in [1.82, 2.24) is 0 Å². The number of aliphatic hydroxyl groups excluding tert-OH is 1. The Morgan fingerprint density at radius 3 is 2.50 bits per heavy atom. The largest absolute Gasteiger partial charge is 0.392 e. The van der Waals surface area contributed by atoms with Gasteiger partial charge in [-0.2, -0.15) is 0 Å². The van der Waals surface area contributed by atoms with Gasteiger partial charge in [0.05, 0.1) is 11.9 Å². The van der Waals surface area contributed by atoms with Crippen LogP contribution >= 0.6 is 11.8 Å². The summed E-state index contributed by atoms with van der Waals surface area (Å²) in [5.74, 6) is -0.0519. The molecule has 3 N–H and O–H groups in total. The summed E-state index contributed by atoms with van der Waals surface area (Å²) in [5, 5.41) is 9.04. The van der Waals surface area contributed by atoms with E-state index in [1.807, 2.05) is 6.92 Å². The lowest BCUT2D eigenvalue weighted by Gasteiger charge is -2.11. The number of thioether (sulfide) groups is 1. The molecule has 1 amide bonds. The van der Waals surface area contributed by atoms with Crippen LogP contribution < -0.4 is 5.73 Å². The summed E-state index contributed by atoms with van der Waals surface area (Å²) < 4.78 is 0. The van der Waals surface area contributed by atoms with Gasteiger partial charge in [0.1, 0.15) is 0 Å². The fourth-order valence-electron chi connectivity index (χ4n) is 0.353. The number of carbonyl (C=O) groups is 1. The lowest BCUT2D eigenvalue weighted by atomic mass is 10.3. The first kappa shape index (κ1) is 9.78. The number of primary amides is 1. The molecule has 0 aliphatic rings. The van der Waals surface area contributed by atoms with E-state index in [-0.39, 0.29) is 23.0 Å². The first-order valence-corrected chi connectivity index (χ1v) is 4.17. The molecule has 0 aromatic heterocycles. The number of hydrogen-bond acceptors (Lipinski definition) is 3. The summed E-state index contributed by atoms with van der Waals surface area (Å²) >= 11 is 1.37. The van der Waals surface area contributed by atoms with Crippen LogP contribution in [-0.4, -0.2) is 28.1 Å². The first-order valence-electron chi connectivity index (χ1n) is 3.12. The quantitative estimate of drug-likeness (QED) is 0.612. The second kappa shape index (κ2) is 4.57. The van der Waals surface area contributed by atoms with Crippen LogP contribution in [0.4, 0.5) is 0 Å². The normalized spacial score (nSPS) is 16.3. The highest BCUT2D eigenvalue weighted by Crippen LogP contribution is 2.12. The first-order chi connectivity index (χ1) is 4.54. The summed E-state index contributed by atoms with van der Waals surface area (Å²) in [5.41, 5.74) is 4.90. The van der Waals surface area contributed by atoms with E-state index in [0.717, 1.165) is 0 Å². The van der Waals surface area contributed by atoms with E-state index in [0.29, 0.717) is 0 Å². The molecule has 10 heavy (non-hydrogen) atoms. The summed E-state index contributed by atoms with van der Waals surface area (Å²) in [6.07, 6.45) is -0.385. The molecule has 0 rings (SSSR count). The van der Waals surface area contributed by atoms with E-state index in [1.165, 1.54) is 11.8 Å². The number of aliphatic hydroxyl groups is 1. The van der Waals surface area contributed by atoms with Crippen molar-refractivity contribution in [1.29, 1.82) is 0 Å². The fourth-order valence-corrected chi connectivity index (χ4v) is 1.06. The molecular weight excluding hydrogens is 150 g/mol. The summed E-state index contributed by atoms with van der Waals surface area (Å²) in [6.45, 7) is 3.55. The highest BCUT2D eigenvalue weighted by molar-refractivity contribution is 8.00. The predicted molar refractivity (Wildman–Crippen MR) is 42.8 cm³/mol. The van der Waals surface area contributed by atoms with Gasteiger partial charge in [0.15, 0.2) is 0 Å². The third-order valence-corrected chi connectivity index (χ3v) is 2.54. The molecule has 3 nitrogen and oxygen atoms in total. The maximum atomic E-state index is 10.2. The molecular formula is C6H13NO2S. The van der Waals surface area contributed by atoms with Crippen LogP contribution in [0.3, 0.4) is 0 Å². The van der Waals surface area contributed by atoms with Gasteiger partial charge in [-0.15, -0.1) is 11.8 Å². The second-order valence-electron chi connectivity index (χ2n) is 2.22. The van der Waals surface area contributed by atoms with Crippen LogP contribution in [0.5, 0.6) is 0 Å². The minimum atomic E-state index is -0.385. The Balaban J connectivity index is 3.39. The van der Waals surface area contributed by atoms with Crippen molar-refractivity contribution in [2.45, 2.75) is 25.2 Å². The minimum absolute atomic E-state index is 0.0764. The Bertz CT molecular complexity index is 116. The zero-order chi connectivity index (χ0) is 8.15. The Morgan fingerprint density at radius 1 is 1.70 bits per heavy atom. The summed E-state index contributed by atoms with van der Waals surface area (Å²) in [4.78, 5) is 10.2. The van der Waals surface area contributed by atoms with Crippen LogP contribution in [0.2, 0.25) is 0 Å². The number of hydrogen-bond donors (Lipinski definition) is 2. The lowest BCUT2D eigenvalue weighted by Crippen LogP contribution is -2.20. The number of carbonyl (C=O) groups excluding carboxylic acids is 1. The van der Waals surface area contributed by atoms with Gasteiger partial charge in [0.2, 0.25) is 5.91 Å². The van der Waals surface area contributed by atoms with Crippen molar-refractivity contribution >= 4 is 17.7 Å². The Morgan fingerprint density at radius 2 is 2.20 bits per heavy atom. The Hall–Kier alpha value is -0.220. The molecule has 0 aromatic carbocycles. The SMILES string of the molecule is CC(O)C(C)SCC(N)=O. The highest BCUT2D eigenvalue weighted by Gasteiger charge is 2.09. The number of amides is 1. The third kappa shape index (κ3) is 4.64. The van der Waals surface area contributed by atoms with Gasteiger partial charge in [-0.25, -0.2) is 0 Å². The molecule has 0 aliphatic heterocycles. The average Bonchev–Trinajstić information content (AvgIpc) is 1.82. The van der Waals surface area contributed by atoms with Gasteiger partial charge >= 0.3 is 0 Å². The minimum Gasteiger partial charge on any atom is -0.392 e. The lowest BCUT2D eigenvalue weighted by molar-refractivity contribution is -0.115. The Labute approximate surface area is 65.0 Å². The van der Waals surface area contributed by atoms with Crippen LogP contribution in [0.15, 0.2) is 0 Å². The van der Waals surface area contributed by atoms with Crippen molar-refractivity contribution in [3.8, 4) is 0 Å². The molecule has 0 saturated heterocycles. The Kier molecular flexibility index (Phi) is 4.47. The zero-order valence-corrected chi connectivity index (χ0v) is 7.02. The van der Waals surface area contributed by atoms with E-state index in [4.69, 9.17) is 10.8 Å².